The van der Waals surface area contributed by atoms with Crippen LogP contribution in [0.2, 0.25) is 0 Å². The molecule has 1 heterocycles. The number of alkyl halides is 1. The molecule has 0 radical (unpaired) electrons. The van der Waals surface area contributed by atoms with E-state index in [1.165, 1.54) is 6.07 Å². The Morgan fingerprint density at radius 2 is 2.10 bits per heavy atom. The zero-order valence-corrected chi connectivity index (χ0v) is 13.0. The van der Waals surface area contributed by atoms with E-state index in [0.717, 1.165) is 0 Å². The maximum Gasteiger partial charge on any atom is 0.273 e. The van der Waals surface area contributed by atoms with E-state index in [-0.39, 0.29) is 16.5 Å². The van der Waals surface area contributed by atoms with E-state index in [0.29, 0.717) is 35.2 Å². The van der Waals surface area contributed by atoms with Crippen LogP contribution in [0.15, 0.2) is 18.2 Å². The highest BCUT2D eigenvalue weighted by atomic mass is 35.5. The Hall–Kier alpha value is -1.95. The third-order valence-electron chi connectivity index (χ3n) is 3.24. The van der Waals surface area contributed by atoms with E-state index in [2.05, 4.69) is 24.0 Å². The molecule has 1 aromatic carbocycles. The van der Waals surface area contributed by atoms with Gasteiger partial charge < -0.3 is 4.57 Å². The minimum atomic E-state index is -0.384. The molecular formula is C14H17ClN4O2. The van der Waals surface area contributed by atoms with Crippen molar-refractivity contribution in [1.82, 2.24) is 14.8 Å². The minimum Gasteiger partial charge on any atom is -0.310 e. The van der Waals surface area contributed by atoms with Crippen LogP contribution in [-0.2, 0) is 12.4 Å². The van der Waals surface area contributed by atoms with Gasteiger partial charge in [0.2, 0.25) is 0 Å². The van der Waals surface area contributed by atoms with Crippen molar-refractivity contribution in [2.24, 2.45) is 5.92 Å². The smallest absolute Gasteiger partial charge is 0.273 e. The first-order valence-corrected chi connectivity index (χ1v) is 7.21. The summed E-state index contributed by atoms with van der Waals surface area (Å²) in [6.45, 7) is 6.61. The van der Waals surface area contributed by atoms with Gasteiger partial charge in [-0.3, -0.25) is 10.1 Å². The highest BCUT2D eigenvalue weighted by molar-refractivity contribution is 6.16. The van der Waals surface area contributed by atoms with Gasteiger partial charge in [0.25, 0.3) is 5.69 Å². The molecule has 112 valence electrons. The quantitative estimate of drug-likeness (QED) is 0.481. The fraction of sp³-hybridized carbons (Fsp3) is 0.429. The number of halogens is 1. The largest absolute Gasteiger partial charge is 0.310 e. The van der Waals surface area contributed by atoms with Gasteiger partial charge in [-0.1, -0.05) is 26.0 Å². The van der Waals surface area contributed by atoms with E-state index in [9.17, 15) is 10.1 Å². The Bertz CT molecular complexity index is 667. The number of hydrogen-bond donors (Lipinski definition) is 0. The second-order valence-electron chi connectivity index (χ2n) is 5.28. The van der Waals surface area contributed by atoms with Gasteiger partial charge in [-0.15, -0.1) is 21.8 Å². The van der Waals surface area contributed by atoms with Gasteiger partial charge in [-0.05, 0) is 12.8 Å². The summed E-state index contributed by atoms with van der Waals surface area (Å²) in [7, 11) is 0. The lowest BCUT2D eigenvalue weighted by molar-refractivity contribution is -0.385. The highest BCUT2D eigenvalue weighted by Crippen LogP contribution is 2.29. The number of benzene rings is 1. The van der Waals surface area contributed by atoms with Gasteiger partial charge in [0.1, 0.15) is 5.82 Å². The summed E-state index contributed by atoms with van der Waals surface area (Å²) in [6.07, 6.45) is 0. The summed E-state index contributed by atoms with van der Waals surface area (Å²) >= 11 is 5.91. The standard InChI is InChI=1S/C14H17ClN4O2/c1-9(2)8-18-13(7-15)16-17-14(18)11-5-4-6-12(10(11)3)19(20)21/h4-6,9H,7-8H2,1-3H3. The molecule has 2 rings (SSSR count). The Morgan fingerprint density at radius 3 is 2.67 bits per heavy atom. The number of nitro benzene ring substituents is 1. The molecule has 0 aliphatic carbocycles. The minimum absolute atomic E-state index is 0.0824. The van der Waals surface area contributed by atoms with Crippen molar-refractivity contribution in [3.05, 3.63) is 39.7 Å². The Labute approximate surface area is 127 Å². The summed E-state index contributed by atoms with van der Waals surface area (Å²) < 4.78 is 1.93. The second kappa shape index (κ2) is 6.22. The molecule has 0 saturated carbocycles. The van der Waals surface area contributed by atoms with Crippen LogP contribution < -0.4 is 0 Å². The fourth-order valence-corrected chi connectivity index (χ4v) is 2.45. The first-order chi connectivity index (χ1) is 9.95. The molecule has 0 aliphatic heterocycles. The van der Waals surface area contributed by atoms with Crippen LogP contribution in [0.3, 0.4) is 0 Å². The topological polar surface area (TPSA) is 73.8 Å². The Morgan fingerprint density at radius 1 is 1.38 bits per heavy atom. The first-order valence-electron chi connectivity index (χ1n) is 6.68. The van der Waals surface area contributed by atoms with Crippen molar-refractivity contribution in [3.8, 4) is 11.4 Å². The van der Waals surface area contributed by atoms with Crippen molar-refractivity contribution >= 4 is 17.3 Å². The normalized spacial score (nSPS) is 11.1. The van der Waals surface area contributed by atoms with E-state index < -0.39 is 0 Å². The predicted molar refractivity (Wildman–Crippen MR) is 81.2 cm³/mol. The predicted octanol–water partition coefficient (Wildman–Crippen LogP) is 3.56. The highest BCUT2D eigenvalue weighted by Gasteiger charge is 2.20. The molecular weight excluding hydrogens is 292 g/mol. The SMILES string of the molecule is Cc1c(-c2nnc(CCl)n2CC(C)C)cccc1[N+](=O)[O-]. The van der Waals surface area contributed by atoms with Crippen LogP contribution in [0, 0.1) is 23.0 Å². The summed E-state index contributed by atoms with van der Waals surface area (Å²) in [4.78, 5) is 10.7. The molecule has 0 unspecified atom stereocenters. The average molecular weight is 309 g/mol. The fourth-order valence-electron chi connectivity index (χ4n) is 2.25. The summed E-state index contributed by atoms with van der Waals surface area (Å²) in [5, 5.41) is 19.3. The molecule has 0 aliphatic rings. The summed E-state index contributed by atoms with van der Waals surface area (Å²) in [5.41, 5.74) is 1.38. The van der Waals surface area contributed by atoms with E-state index >= 15 is 0 Å². The molecule has 6 nitrogen and oxygen atoms in total. The Kier molecular flexibility index (Phi) is 4.57. The molecule has 0 fully saturated rings. The maximum atomic E-state index is 11.1. The molecule has 0 amide bonds. The molecule has 0 atom stereocenters. The van der Waals surface area contributed by atoms with Crippen molar-refractivity contribution in [3.63, 3.8) is 0 Å². The first kappa shape index (κ1) is 15.4. The number of nitrogens with zero attached hydrogens (tertiary/aromatic N) is 4. The van der Waals surface area contributed by atoms with Gasteiger partial charge >= 0.3 is 0 Å². The van der Waals surface area contributed by atoms with Crippen LogP contribution in [-0.4, -0.2) is 19.7 Å². The van der Waals surface area contributed by atoms with E-state index in [1.54, 1.807) is 13.0 Å². The van der Waals surface area contributed by atoms with Gasteiger partial charge in [0.05, 0.1) is 10.8 Å². The summed E-state index contributed by atoms with van der Waals surface area (Å²) in [6, 6.07) is 4.97. The number of nitro groups is 1. The monoisotopic (exact) mass is 308 g/mol. The third kappa shape index (κ3) is 3.05. The number of rotatable bonds is 5. The lowest BCUT2D eigenvalue weighted by atomic mass is 10.1. The summed E-state index contributed by atoms with van der Waals surface area (Å²) in [5.74, 6) is 1.95. The number of hydrogen-bond acceptors (Lipinski definition) is 4. The van der Waals surface area contributed by atoms with Crippen LogP contribution in [0.1, 0.15) is 25.2 Å². The maximum absolute atomic E-state index is 11.1. The van der Waals surface area contributed by atoms with Crippen molar-refractivity contribution in [1.29, 1.82) is 0 Å². The lowest BCUT2D eigenvalue weighted by Crippen LogP contribution is -2.10. The zero-order chi connectivity index (χ0) is 15.6. The van der Waals surface area contributed by atoms with Gasteiger partial charge in [0.15, 0.2) is 5.82 Å². The second-order valence-corrected chi connectivity index (χ2v) is 5.55. The van der Waals surface area contributed by atoms with Crippen LogP contribution >= 0.6 is 11.6 Å². The van der Waals surface area contributed by atoms with Gasteiger partial charge in [-0.2, -0.15) is 0 Å². The van der Waals surface area contributed by atoms with Crippen LogP contribution in [0.4, 0.5) is 5.69 Å². The molecule has 0 bridgehead atoms. The van der Waals surface area contributed by atoms with E-state index in [1.807, 2.05) is 10.6 Å². The van der Waals surface area contributed by atoms with Gasteiger partial charge in [-0.25, -0.2) is 0 Å². The van der Waals surface area contributed by atoms with Crippen molar-refractivity contribution in [2.75, 3.05) is 0 Å². The molecule has 0 saturated heterocycles. The number of aromatic nitrogens is 3. The van der Waals surface area contributed by atoms with Gasteiger partial charge in [0, 0.05) is 23.7 Å². The molecule has 7 heteroatoms. The lowest BCUT2D eigenvalue weighted by Gasteiger charge is -2.13. The average Bonchev–Trinajstić information content (AvgIpc) is 2.80. The molecule has 2 aromatic rings. The Balaban J connectivity index is 2.59. The van der Waals surface area contributed by atoms with Crippen LogP contribution in [0.25, 0.3) is 11.4 Å². The third-order valence-corrected chi connectivity index (χ3v) is 3.48. The molecule has 0 spiro atoms. The molecule has 0 N–H and O–H groups in total. The van der Waals surface area contributed by atoms with Crippen molar-refractivity contribution < 1.29 is 4.92 Å². The van der Waals surface area contributed by atoms with E-state index in [4.69, 9.17) is 11.6 Å². The zero-order valence-electron chi connectivity index (χ0n) is 12.2. The van der Waals surface area contributed by atoms with Crippen molar-refractivity contribution in [2.45, 2.75) is 33.2 Å². The van der Waals surface area contributed by atoms with Crippen LogP contribution in [0.5, 0.6) is 0 Å². The molecule has 1 aromatic heterocycles. The molecule has 21 heavy (non-hydrogen) atoms.